The summed E-state index contributed by atoms with van der Waals surface area (Å²) < 4.78 is 0. The van der Waals surface area contributed by atoms with E-state index in [9.17, 15) is 9.90 Å². The second kappa shape index (κ2) is 4.15. The molecule has 1 aromatic rings. The van der Waals surface area contributed by atoms with Crippen molar-refractivity contribution in [3.63, 3.8) is 0 Å². The van der Waals surface area contributed by atoms with Gasteiger partial charge >= 0.3 is 0 Å². The Hall–Kier alpha value is -1.15. The summed E-state index contributed by atoms with van der Waals surface area (Å²) in [5.74, 6) is 0.329. The first-order valence-electron chi connectivity index (χ1n) is 5.45. The van der Waals surface area contributed by atoms with Crippen LogP contribution in [-0.2, 0) is 10.2 Å². The van der Waals surface area contributed by atoms with Gasteiger partial charge in [-0.05, 0) is 18.4 Å². The molecule has 1 fully saturated rings. The summed E-state index contributed by atoms with van der Waals surface area (Å²) in [6.45, 7) is 0.143. The zero-order valence-electron chi connectivity index (χ0n) is 8.78. The third-order valence-corrected chi connectivity index (χ3v) is 3.45. The molecule has 0 radical (unpaired) electrons. The molecule has 1 N–H and O–H groups in total. The third-order valence-electron chi connectivity index (χ3n) is 3.45. The second-order valence-electron chi connectivity index (χ2n) is 4.34. The fourth-order valence-electron chi connectivity index (χ4n) is 2.34. The molecule has 0 atom stereocenters. The molecule has 1 saturated carbocycles. The van der Waals surface area contributed by atoms with Crippen molar-refractivity contribution in [2.24, 2.45) is 0 Å². The predicted molar refractivity (Wildman–Crippen MR) is 58.7 cm³/mol. The van der Waals surface area contributed by atoms with Gasteiger partial charge in [-0.25, -0.2) is 0 Å². The minimum Gasteiger partial charge on any atom is -0.395 e. The van der Waals surface area contributed by atoms with Crippen molar-refractivity contribution in [1.82, 2.24) is 0 Å². The van der Waals surface area contributed by atoms with Crippen molar-refractivity contribution in [1.29, 1.82) is 0 Å². The number of Topliss-reactive ketones (excluding diaryl/α,β-unsaturated/α-hetero) is 1. The normalized spacial score (nSPS) is 20.2. The Kier molecular flexibility index (Phi) is 2.87. The number of hydrogen-bond donors (Lipinski definition) is 1. The van der Waals surface area contributed by atoms with Crippen molar-refractivity contribution in [3.05, 3.63) is 35.9 Å². The Labute approximate surface area is 89.9 Å². The van der Waals surface area contributed by atoms with E-state index in [0.717, 1.165) is 12.8 Å². The molecule has 0 bridgehead atoms. The van der Waals surface area contributed by atoms with Gasteiger partial charge in [0.05, 0.1) is 6.61 Å². The lowest BCUT2D eigenvalue weighted by molar-refractivity contribution is -0.121. The average Bonchev–Trinajstić information content (AvgIpc) is 2.32. The standard InChI is InChI=1S/C13H16O2/c14-10-13(8-6-12(15)7-9-13)11-4-2-1-3-5-11/h1-5,14H,6-10H2. The largest absolute Gasteiger partial charge is 0.395 e. The quantitative estimate of drug-likeness (QED) is 0.800. The summed E-state index contributed by atoms with van der Waals surface area (Å²) >= 11 is 0. The lowest BCUT2D eigenvalue weighted by atomic mass is 9.70. The zero-order chi connectivity index (χ0) is 10.7. The van der Waals surface area contributed by atoms with E-state index in [-0.39, 0.29) is 12.0 Å². The van der Waals surface area contributed by atoms with Gasteiger partial charge in [-0.1, -0.05) is 30.3 Å². The maximum atomic E-state index is 11.2. The molecule has 1 aromatic carbocycles. The van der Waals surface area contributed by atoms with Crippen LogP contribution < -0.4 is 0 Å². The molecule has 80 valence electrons. The molecular formula is C13H16O2. The lowest BCUT2D eigenvalue weighted by Crippen LogP contribution is -2.35. The van der Waals surface area contributed by atoms with E-state index >= 15 is 0 Å². The fourth-order valence-corrected chi connectivity index (χ4v) is 2.34. The number of benzene rings is 1. The average molecular weight is 204 g/mol. The molecule has 0 heterocycles. The minimum atomic E-state index is -0.171. The fraction of sp³-hybridized carbons (Fsp3) is 0.462. The van der Waals surface area contributed by atoms with Gasteiger partial charge < -0.3 is 5.11 Å². The van der Waals surface area contributed by atoms with Crippen LogP contribution in [0, 0.1) is 0 Å². The van der Waals surface area contributed by atoms with E-state index in [1.165, 1.54) is 5.56 Å². The minimum absolute atomic E-state index is 0.143. The second-order valence-corrected chi connectivity index (χ2v) is 4.34. The first-order chi connectivity index (χ1) is 7.27. The first-order valence-corrected chi connectivity index (χ1v) is 5.45. The monoisotopic (exact) mass is 204 g/mol. The summed E-state index contributed by atoms with van der Waals surface area (Å²) in [4.78, 5) is 11.2. The van der Waals surface area contributed by atoms with E-state index in [1.807, 2.05) is 30.3 Å². The van der Waals surface area contributed by atoms with Crippen LogP contribution in [0.5, 0.6) is 0 Å². The summed E-state index contributed by atoms with van der Waals surface area (Å²) in [7, 11) is 0. The van der Waals surface area contributed by atoms with Crippen molar-refractivity contribution in [2.75, 3.05) is 6.61 Å². The number of ketones is 1. The maximum absolute atomic E-state index is 11.2. The molecule has 0 amide bonds. The molecule has 15 heavy (non-hydrogen) atoms. The van der Waals surface area contributed by atoms with Crippen LogP contribution in [-0.4, -0.2) is 17.5 Å². The maximum Gasteiger partial charge on any atom is 0.132 e. The van der Waals surface area contributed by atoms with Crippen molar-refractivity contribution >= 4 is 5.78 Å². The first kappa shape index (κ1) is 10.4. The number of aliphatic hydroxyl groups is 1. The molecular weight excluding hydrogens is 188 g/mol. The molecule has 0 unspecified atom stereocenters. The Balaban J connectivity index is 2.26. The summed E-state index contributed by atoms with van der Waals surface area (Å²) in [6.07, 6.45) is 2.78. The Morgan fingerprint density at radius 2 is 1.73 bits per heavy atom. The van der Waals surface area contributed by atoms with Crippen LogP contribution in [0.4, 0.5) is 0 Å². The van der Waals surface area contributed by atoms with Gasteiger partial charge in [0.15, 0.2) is 0 Å². The smallest absolute Gasteiger partial charge is 0.132 e. The van der Waals surface area contributed by atoms with Gasteiger partial charge in [-0.15, -0.1) is 0 Å². The molecule has 2 heteroatoms. The van der Waals surface area contributed by atoms with E-state index in [1.54, 1.807) is 0 Å². The summed E-state index contributed by atoms with van der Waals surface area (Å²) in [5.41, 5.74) is 0.995. The summed E-state index contributed by atoms with van der Waals surface area (Å²) in [5, 5.41) is 9.57. The lowest BCUT2D eigenvalue weighted by Gasteiger charge is -2.35. The van der Waals surface area contributed by atoms with E-state index in [4.69, 9.17) is 0 Å². The molecule has 0 saturated heterocycles. The topological polar surface area (TPSA) is 37.3 Å². The van der Waals surface area contributed by atoms with E-state index in [0.29, 0.717) is 18.6 Å². The highest BCUT2D eigenvalue weighted by molar-refractivity contribution is 5.79. The third kappa shape index (κ3) is 1.95. The highest BCUT2D eigenvalue weighted by atomic mass is 16.3. The van der Waals surface area contributed by atoms with E-state index < -0.39 is 0 Å². The number of carbonyl (C=O) groups is 1. The molecule has 0 spiro atoms. The molecule has 1 aliphatic carbocycles. The number of hydrogen-bond acceptors (Lipinski definition) is 2. The van der Waals surface area contributed by atoms with Gasteiger partial charge in [0, 0.05) is 18.3 Å². The van der Waals surface area contributed by atoms with Gasteiger partial charge in [0.1, 0.15) is 5.78 Å². The van der Waals surface area contributed by atoms with Crippen LogP contribution in [0.2, 0.25) is 0 Å². The van der Waals surface area contributed by atoms with Gasteiger partial charge in [-0.3, -0.25) is 4.79 Å². The van der Waals surface area contributed by atoms with Crippen LogP contribution >= 0.6 is 0 Å². The van der Waals surface area contributed by atoms with E-state index in [2.05, 4.69) is 0 Å². The van der Waals surface area contributed by atoms with Crippen LogP contribution in [0.3, 0.4) is 0 Å². The SMILES string of the molecule is O=C1CCC(CO)(c2ccccc2)CC1. The van der Waals surface area contributed by atoms with Crippen LogP contribution in [0.15, 0.2) is 30.3 Å². The van der Waals surface area contributed by atoms with Crippen LogP contribution in [0.1, 0.15) is 31.2 Å². The predicted octanol–water partition coefficient (Wildman–Crippen LogP) is 2.06. The molecule has 0 aromatic heterocycles. The number of carbonyl (C=O) groups excluding carboxylic acids is 1. The van der Waals surface area contributed by atoms with Gasteiger partial charge in [-0.2, -0.15) is 0 Å². The number of aliphatic hydroxyl groups excluding tert-OH is 1. The van der Waals surface area contributed by atoms with Crippen LogP contribution in [0.25, 0.3) is 0 Å². The summed E-state index contributed by atoms with van der Waals surface area (Å²) in [6, 6.07) is 10.0. The molecule has 2 nitrogen and oxygen atoms in total. The molecule has 0 aliphatic heterocycles. The Bertz CT molecular complexity index is 333. The van der Waals surface area contributed by atoms with Crippen molar-refractivity contribution in [2.45, 2.75) is 31.1 Å². The van der Waals surface area contributed by atoms with Crippen molar-refractivity contribution in [3.8, 4) is 0 Å². The highest BCUT2D eigenvalue weighted by Gasteiger charge is 2.35. The van der Waals surface area contributed by atoms with Crippen molar-refractivity contribution < 1.29 is 9.90 Å². The number of rotatable bonds is 2. The Morgan fingerprint density at radius 1 is 1.13 bits per heavy atom. The molecule has 2 rings (SSSR count). The highest BCUT2D eigenvalue weighted by Crippen LogP contribution is 2.37. The van der Waals surface area contributed by atoms with Gasteiger partial charge in [0.2, 0.25) is 0 Å². The Morgan fingerprint density at radius 3 is 2.27 bits per heavy atom. The zero-order valence-corrected chi connectivity index (χ0v) is 8.78. The van der Waals surface area contributed by atoms with Gasteiger partial charge in [0.25, 0.3) is 0 Å². The molecule has 1 aliphatic rings.